The Morgan fingerprint density at radius 1 is 1.00 bits per heavy atom. The molecule has 6 nitrogen and oxygen atoms in total. The number of carbonyl (C=O) groups excluding carboxylic acids is 1. The summed E-state index contributed by atoms with van der Waals surface area (Å²) in [4.78, 5) is 21.3. The number of hydrogen-bond donors (Lipinski definition) is 2. The molecular formula is C21H42IN5O. The number of halogens is 1. The van der Waals surface area contributed by atoms with Gasteiger partial charge in [0, 0.05) is 34.2 Å². The maximum Gasteiger partial charge on any atom is 0.230 e. The van der Waals surface area contributed by atoms with Crippen molar-refractivity contribution in [2.45, 2.75) is 64.2 Å². The third kappa shape index (κ3) is 8.05. The second-order valence-electron chi connectivity index (χ2n) is 8.50. The Morgan fingerprint density at radius 3 is 2.29 bits per heavy atom. The first-order valence-corrected chi connectivity index (χ1v) is 11.0. The summed E-state index contributed by atoms with van der Waals surface area (Å²) in [6.07, 6.45) is 12.1. The topological polar surface area (TPSA) is 60.0 Å². The second-order valence-corrected chi connectivity index (χ2v) is 8.50. The molecule has 1 saturated carbocycles. The molecule has 1 aliphatic heterocycles. The molecule has 0 aromatic carbocycles. The van der Waals surface area contributed by atoms with E-state index in [0.29, 0.717) is 6.54 Å². The minimum Gasteiger partial charge on any atom is -0.356 e. The molecule has 1 saturated heterocycles. The highest BCUT2D eigenvalue weighted by atomic mass is 127. The lowest BCUT2D eigenvalue weighted by atomic mass is 9.84. The van der Waals surface area contributed by atoms with E-state index in [4.69, 9.17) is 0 Å². The van der Waals surface area contributed by atoms with Gasteiger partial charge in [0.25, 0.3) is 0 Å². The lowest BCUT2D eigenvalue weighted by Gasteiger charge is -2.31. The lowest BCUT2D eigenvalue weighted by molar-refractivity contribution is -0.138. The van der Waals surface area contributed by atoms with E-state index in [9.17, 15) is 4.79 Å². The third-order valence-electron chi connectivity index (χ3n) is 6.13. The predicted octanol–water partition coefficient (Wildman–Crippen LogP) is 3.07. The summed E-state index contributed by atoms with van der Waals surface area (Å²) in [6, 6.07) is 0. The Bertz CT molecular complexity index is 471. The van der Waals surface area contributed by atoms with Gasteiger partial charge in [0.2, 0.25) is 5.91 Å². The number of piperidine rings is 1. The summed E-state index contributed by atoms with van der Waals surface area (Å²) in [7, 11) is 5.53. The molecule has 0 atom stereocenters. The maximum absolute atomic E-state index is 12.7. The number of hydrogen-bond acceptors (Lipinski definition) is 3. The van der Waals surface area contributed by atoms with E-state index in [0.717, 1.165) is 44.6 Å². The molecule has 2 N–H and O–H groups in total. The Morgan fingerprint density at radius 2 is 1.68 bits per heavy atom. The van der Waals surface area contributed by atoms with E-state index in [1.54, 1.807) is 11.9 Å². The standard InChI is InChI=1S/C21H41N5O.HI/c1-22-20(23-14-8-4-9-15-26-16-10-5-11-17-26)24-18-21(12-6-7-13-21)19(27)25(2)3;/h4-18H2,1-3H3,(H2,22,23,24);1H. The van der Waals surface area contributed by atoms with Crippen molar-refractivity contribution >= 4 is 35.8 Å². The Labute approximate surface area is 189 Å². The molecular weight excluding hydrogens is 465 g/mol. The number of aliphatic imine (C=N–C) groups is 1. The molecule has 0 bridgehead atoms. The molecule has 1 heterocycles. The molecule has 0 aromatic rings. The van der Waals surface area contributed by atoms with E-state index in [-0.39, 0.29) is 35.3 Å². The first-order valence-electron chi connectivity index (χ1n) is 11.0. The molecule has 0 unspecified atom stereocenters. The van der Waals surface area contributed by atoms with Crippen molar-refractivity contribution in [2.24, 2.45) is 10.4 Å². The van der Waals surface area contributed by atoms with Crippen molar-refractivity contribution in [3.63, 3.8) is 0 Å². The first kappa shape index (κ1) is 25.5. The van der Waals surface area contributed by atoms with Crippen LogP contribution in [0.15, 0.2) is 4.99 Å². The number of nitrogens with zero attached hydrogens (tertiary/aromatic N) is 3. The van der Waals surface area contributed by atoms with E-state index < -0.39 is 0 Å². The monoisotopic (exact) mass is 507 g/mol. The van der Waals surface area contributed by atoms with Gasteiger partial charge >= 0.3 is 0 Å². The van der Waals surface area contributed by atoms with Crippen LogP contribution in [0.3, 0.4) is 0 Å². The minimum atomic E-state index is -0.254. The number of rotatable bonds is 9. The number of carbonyl (C=O) groups is 1. The smallest absolute Gasteiger partial charge is 0.230 e. The van der Waals surface area contributed by atoms with Crippen LogP contribution in [0.1, 0.15) is 64.2 Å². The fraction of sp³-hybridized carbons (Fsp3) is 0.905. The van der Waals surface area contributed by atoms with Crippen LogP contribution in [0.25, 0.3) is 0 Å². The quantitative estimate of drug-likeness (QED) is 0.218. The van der Waals surface area contributed by atoms with E-state index in [2.05, 4.69) is 20.5 Å². The summed E-state index contributed by atoms with van der Waals surface area (Å²) in [6.45, 7) is 5.46. The molecule has 2 fully saturated rings. The number of unbranched alkanes of at least 4 members (excludes halogenated alkanes) is 2. The van der Waals surface area contributed by atoms with E-state index in [1.807, 2.05) is 14.1 Å². The summed E-state index contributed by atoms with van der Waals surface area (Å²) in [5.74, 6) is 1.07. The molecule has 28 heavy (non-hydrogen) atoms. The van der Waals surface area contributed by atoms with Crippen molar-refractivity contribution in [2.75, 3.05) is 53.9 Å². The Kier molecular flexibility index (Phi) is 12.4. The van der Waals surface area contributed by atoms with Gasteiger partial charge < -0.3 is 20.4 Å². The molecule has 0 aromatic heterocycles. The zero-order valence-corrected chi connectivity index (χ0v) is 20.6. The van der Waals surface area contributed by atoms with Crippen LogP contribution in [0, 0.1) is 5.41 Å². The molecule has 0 radical (unpaired) electrons. The molecule has 1 aliphatic carbocycles. The summed E-state index contributed by atoms with van der Waals surface area (Å²) in [5.41, 5.74) is -0.254. The highest BCUT2D eigenvalue weighted by Gasteiger charge is 2.42. The maximum atomic E-state index is 12.7. The van der Waals surface area contributed by atoms with E-state index in [1.165, 1.54) is 51.7 Å². The average Bonchev–Trinajstić information content (AvgIpc) is 3.17. The fourth-order valence-electron chi connectivity index (χ4n) is 4.49. The molecule has 1 amide bonds. The highest BCUT2D eigenvalue weighted by Crippen LogP contribution is 2.38. The summed E-state index contributed by atoms with van der Waals surface area (Å²) in [5, 5.41) is 6.83. The van der Waals surface area contributed by atoms with Gasteiger partial charge in [-0.3, -0.25) is 9.79 Å². The van der Waals surface area contributed by atoms with Gasteiger partial charge in [-0.1, -0.05) is 25.7 Å². The zero-order valence-electron chi connectivity index (χ0n) is 18.3. The SMILES string of the molecule is CN=C(NCCCCCN1CCCCC1)NCC1(C(=O)N(C)C)CCCC1.I. The lowest BCUT2D eigenvalue weighted by Crippen LogP contribution is -2.49. The van der Waals surface area contributed by atoms with Crippen LogP contribution in [0.4, 0.5) is 0 Å². The van der Waals surface area contributed by atoms with Gasteiger partial charge in [0.15, 0.2) is 5.96 Å². The van der Waals surface area contributed by atoms with Crippen molar-refractivity contribution in [3.05, 3.63) is 0 Å². The van der Waals surface area contributed by atoms with Gasteiger partial charge in [-0.2, -0.15) is 0 Å². The van der Waals surface area contributed by atoms with Crippen molar-refractivity contribution in [3.8, 4) is 0 Å². The van der Waals surface area contributed by atoms with Crippen LogP contribution in [0.2, 0.25) is 0 Å². The number of likely N-dealkylation sites (tertiary alicyclic amines) is 1. The average molecular weight is 508 g/mol. The zero-order chi connectivity index (χ0) is 19.5. The highest BCUT2D eigenvalue weighted by molar-refractivity contribution is 14.0. The van der Waals surface area contributed by atoms with Crippen LogP contribution < -0.4 is 10.6 Å². The van der Waals surface area contributed by atoms with Crippen LogP contribution in [0.5, 0.6) is 0 Å². The third-order valence-corrected chi connectivity index (χ3v) is 6.13. The van der Waals surface area contributed by atoms with Gasteiger partial charge in [-0.25, -0.2) is 0 Å². The van der Waals surface area contributed by atoms with Gasteiger partial charge in [-0.05, 0) is 58.2 Å². The Hall–Kier alpha value is -0.570. The van der Waals surface area contributed by atoms with E-state index >= 15 is 0 Å². The van der Waals surface area contributed by atoms with Crippen molar-refractivity contribution < 1.29 is 4.79 Å². The van der Waals surface area contributed by atoms with Gasteiger partial charge in [0.05, 0.1) is 5.41 Å². The first-order chi connectivity index (χ1) is 13.1. The van der Waals surface area contributed by atoms with Gasteiger partial charge in [0.1, 0.15) is 0 Å². The minimum absolute atomic E-state index is 0. The van der Waals surface area contributed by atoms with Crippen LogP contribution in [-0.4, -0.2) is 75.5 Å². The largest absolute Gasteiger partial charge is 0.356 e. The number of guanidine groups is 1. The van der Waals surface area contributed by atoms with Gasteiger partial charge in [-0.15, -0.1) is 24.0 Å². The predicted molar refractivity (Wildman–Crippen MR) is 129 cm³/mol. The van der Waals surface area contributed by atoms with Crippen LogP contribution in [-0.2, 0) is 4.79 Å². The molecule has 2 rings (SSSR count). The number of amides is 1. The van der Waals surface area contributed by atoms with Crippen molar-refractivity contribution in [1.82, 2.24) is 20.4 Å². The van der Waals surface area contributed by atoms with Crippen LogP contribution >= 0.6 is 24.0 Å². The normalized spacial score (nSPS) is 19.8. The number of nitrogens with one attached hydrogen (secondary N) is 2. The molecule has 0 spiro atoms. The second kappa shape index (κ2) is 13.6. The molecule has 2 aliphatic rings. The summed E-state index contributed by atoms with van der Waals surface area (Å²) < 4.78 is 0. The van der Waals surface area contributed by atoms with Crippen molar-refractivity contribution in [1.29, 1.82) is 0 Å². The molecule has 7 heteroatoms. The summed E-state index contributed by atoms with van der Waals surface area (Å²) >= 11 is 0. The Balaban J connectivity index is 0.00000392. The fourth-order valence-corrected chi connectivity index (χ4v) is 4.49. The molecule has 164 valence electrons.